The van der Waals surface area contributed by atoms with Gasteiger partial charge in [-0.2, -0.15) is 0 Å². The number of nitrogens with one attached hydrogen (secondary N) is 1. The first kappa shape index (κ1) is 15.9. The van der Waals surface area contributed by atoms with Crippen molar-refractivity contribution in [2.24, 2.45) is 5.92 Å². The van der Waals surface area contributed by atoms with Crippen LogP contribution in [0.5, 0.6) is 5.75 Å². The van der Waals surface area contributed by atoms with Gasteiger partial charge in [-0.1, -0.05) is 18.1 Å². The third-order valence-electron chi connectivity index (χ3n) is 3.77. The summed E-state index contributed by atoms with van der Waals surface area (Å²) in [7, 11) is 1.27. The Morgan fingerprint density at radius 2 is 2.27 bits per heavy atom. The molecule has 1 aromatic rings. The summed E-state index contributed by atoms with van der Waals surface area (Å²) in [4.78, 5) is 23.8. The summed E-state index contributed by atoms with van der Waals surface area (Å²) in [5.41, 5.74) is 1.14. The van der Waals surface area contributed by atoms with Crippen LogP contribution in [0.25, 0.3) is 0 Å². The summed E-state index contributed by atoms with van der Waals surface area (Å²) >= 11 is 0. The van der Waals surface area contributed by atoms with Crippen LogP contribution in [0.3, 0.4) is 0 Å². The van der Waals surface area contributed by atoms with E-state index in [0.29, 0.717) is 11.3 Å². The molecule has 0 aliphatic heterocycles. The van der Waals surface area contributed by atoms with Crippen LogP contribution in [-0.2, 0) is 19.7 Å². The summed E-state index contributed by atoms with van der Waals surface area (Å²) in [6.07, 6.45) is 0.282. The van der Waals surface area contributed by atoms with E-state index in [2.05, 4.69) is 11.8 Å². The van der Waals surface area contributed by atoms with E-state index in [-0.39, 0.29) is 13.0 Å². The summed E-state index contributed by atoms with van der Waals surface area (Å²) in [6.45, 7) is 1.96. The van der Waals surface area contributed by atoms with Crippen molar-refractivity contribution in [3.63, 3.8) is 0 Å². The normalized spacial score (nSPS) is 22.0. The Kier molecular flexibility index (Phi) is 4.68. The molecular weight excluding hydrogens is 286 g/mol. The summed E-state index contributed by atoms with van der Waals surface area (Å²) in [5, 5.41) is 8.79. The number of methoxy groups -OCH3 is 1. The minimum Gasteiger partial charge on any atom is -0.481 e. The van der Waals surface area contributed by atoms with E-state index < -0.39 is 23.2 Å². The predicted octanol–water partition coefficient (Wildman–Crippen LogP) is 1.02. The van der Waals surface area contributed by atoms with Gasteiger partial charge in [-0.15, -0.1) is 5.92 Å². The Balaban J connectivity index is 2.29. The monoisotopic (exact) mass is 303 g/mol. The van der Waals surface area contributed by atoms with Crippen LogP contribution >= 0.6 is 0 Å². The van der Waals surface area contributed by atoms with Crippen molar-refractivity contribution < 1.29 is 24.3 Å². The molecule has 1 aromatic carbocycles. The smallest absolute Gasteiger partial charge is 0.317 e. The summed E-state index contributed by atoms with van der Waals surface area (Å²) < 4.78 is 10.3. The standard InChI is InChI=1S/C16H17NO5/c1-3-4-8-22-12-7-5-6-11(9-12)16(15(19)21-2)10-13(16)14(18)17-20/h5-7,9,13,20H,8,10H2,1-2H3,(H,17,18)/t13-,16-/m0/s1. The SMILES string of the molecule is CC#CCOc1cccc([C@@]2(C(=O)OC)C[C@H]2C(=O)NO)c1. The van der Waals surface area contributed by atoms with Gasteiger partial charge in [0, 0.05) is 0 Å². The first-order valence-corrected chi connectivity index (χ1v) is 6.75. The van der Waals surface area contributed by atoms with E-state index >= 15 is 0 Å². The molecule has 0 bridgehead atoms. The van der Waals surface area contributed by atoms with Gasteiger partial charge in [0.15, 0.2) is 0 Å². The van der Waals surface area contributed by atoms with Gasteiger partial charge in [-0.3, -0.25) is 14.8 Å². The maximum Gasteiger partial charge on any atom is 0.317 e. The average molecular weight is 303 g/mol. The molecule has 0 spiro atoms. The molecule has 1 fully saturated rings. The zero-order valence-electron chi connectivity index (χ0n) is 12.4. The first-order chi connectivity index (χ1) is 10.6. The molecule has 1 amide bonds. The van der Waals surface area contributed by atoms with E-state index in [0.717, 1.165) is 0 Å². The van der Waals surface area contributed by atoms with Crippen molar-refractivity contribution >= 4 is 11.9 Å². The fourth-order valence-electron chi connectivity index (χ4n) is 2.56. The van der Waals surface area contributed by atoms with E-state index in [1.807, 2.05) is 0 Å². The number of rotatable bonds is 5. The zero-order valence-corrected chi connectivity index (χ0v) is 12.4. The molecule has 6 heteroatoms. The maximum absolute atomic E-state index is 12.2. The number of amides is 1. The molecule has 2 N–H and O–H groups in total. The number of hydrogen-bond donors (Lipinski definition) is 2. The highest BCUT2D eigenvalue weighted by atomic mass is 16.5. The number of benzene rings is 1. The van der Waals surface area contributed by atoms with Gasteiger partial charge >= 0.3 is 5.97 Å². The highest BCUT2D eigenvalue weighted by Gasteiger charge is 2.65. The highest BCUT2D eigenvalue weighted by molar-refractivity contribution is 5.97. The Morgan fingerprint density at radius 1 is 1.50 bits per heavy atom. The molecule has 0 unspecified atom stereocenters. The largest absolute Gasteiger partial charge is 0.481 e. The predicted molar refractivity (Wildman–Crippen MR) is 77.1 cm³/mol. The zero-order chi connectivity index (χ0) is 16.2. The van der Waals surface area contributed by atoms with Crippen LogP contribution in [0, 0.1) is 17.8 Å². The molecule has 0 aromatic heterocycles. The van der Waals surface area contributed by atoms with E-state index in [9.17, 15) is 9.59 Å². The molecule has 1 aliphatic carbocycles. The van der Waals surface area contributed by atoms with Gasteiger partial charge in [0.2, 0.25) is 5.91 Å². The average Bonchev–Trinajstić information content (AvgIpc) is 3.31. The maximum atomic E-state index is 12.2. The third kappa shape index (κ3) is 2.76. The number of carbonyl (C=O) groups excluding carboxylic acids is 2. The molecule has 2 rings (SSSR count). The topological polar surface area (TPSA) is 84.9 Å². The van der Waals surface area contributed by atoms with Crippen LogP contribution in [0.1, 0.15) is 18.9 Å². The molecule has 116 valence electrons. The van der Waals surface area contributed by atoms with Crippen LogP contribution in [0.2, 0.25) is 0 Å². The number of hydroxylamine groups is 1. The van der Waals surface area contributed by atoms with Crippen molar-refractivity contribution in [1.29, 1.82) is 0 Å². The summed E-state index contributed by atoms with van der Waals surface area (Å²) in [5.74, 6) is 4.29. The van der Waals surface area contributed by atoms with E-state index in [4.69, 9.17) is 14.7 Å². The molecular formula is C16H17NO5. The molecule has 2 atom stereocenters. The molecule has 0 radical (unpaired) electrons. The van der Waals surface area contributed by atoms with Gasteiger partial charge in [0.25, 0.3) is 0 Å². The van der Waals surface area contributed by atoms with Crippen LogP contribution in [-0.4, -0.2) is 30.8 Å². The quantitative estimate of drug-likeness (QED) is 0.367. The van der Waals surface area contributed by atoms with Crippen LogP contribution in [0.4, 0.5) is 0 Å². The Labute approximate surface area is 128 Å². The van der Waals surface area contributed by atoms with Crippen molar-refractivity contribution in [3.8, 4) is 17.6 Å². The van der Waals surface area contributed by atoms with Crippen molar-refractivity contribution in [2.45, 2.75) is 18.8 Å². The minimum atomic E-state index is -1.07. The van der Waals surface area contributed by atoms with Crippen LogP contribution in [0.15, 0.2) is 24.3 Å². The second-order valence-electron chi connectivity index (χ2n) is 4.94. The number of esters is 1. The Bertz CT molecular complexity index is 645. The second-order valence-corrected chi connectivity index (χ2v) is 4.94. The number of hydrogen-bond acceptors (Lipinski definition) is 5. The minimum absolute atomic E-state index is 0.242. The van der Waals surface area contributed by atoms with Crippen molar-refractivity contribution in [3.05, 3.63) is 29.8 Å². The van der Waals surface area contributed by atoms with Crippen molar-refractivity contribution in [2.75, 3.05) is 13.7 Å². The highest BCUT2D eigenvalue weighted by Crippen LogP contribution is 2.55. The number of carbonyl (C=O) groups is 2. The van der Waals surface area contributed by atoms with Gasteiger partial charge in [-0.05, 0) is 31.0 Å². The third-order valence-corrected chi connectivity index (χ3v) is 3.77. The lowest BCUT2D eigenvalue weighted by atomic mass is 9.92. The van der Waals surface area contributed by atoms with Crippen LogP contribution < -0.4 is 10.2 Å². The lowest BCUT2D eigenvalue weighted by Crippen LogP contribution is -2.31. The van der Waals surface area contributed by atoms with Gasteiger partial charge < -0.3 is 9.47 Å². The van der Waals surface area contributed by atoms with Gasteiger partial charge in [0.1, 0.15) is 17.8 Å². The van der Waals surface area contributed by atoms with E-state index in [1.165, 1.54) is 7.11 Å². The number of ether oxygens (including phenoxy) is 2. The molecule has 0 saturated heterocycles. The lowest BCUT2D eigenvalue weighted by molar-refractivity contribution is -0.146. The second kappa shape index (κ2) is 6.50. The first-order valence-electron chi connectivity index (χ1n) is 6.75. The van der Waals surface area contributed by atoms with Gasteiger partial charge in [-0.25, -0.2) is 5.48 Å². The molecule has 1 aliphatic rings. The fourth-order valence-corrected chi connectivity index (χ4v) is 2.56. The Morgan fingerprint density at radius 3 is 2.91 bits per heavy atom. The molecule has 22 heavy (non-hydrogen) atoms. The molecule has 1 saturated carbocycles. The van der Waals surface area contributed by atoms with Gasteiger partial charge in [0.05, 0.1) is 13.0 Å². The molecule has 6 nitrogen and oxygen atoms in total. The van der Waals surface area contributed by atoms with Crippen molar-refractivity contribution in [1.82, 2.24) is 5.48 Å². The Hall–Kier alpha value is -2.52. The van der Waals surface area contributed by atoms with E-state index in [1.54, 1.807) is 36.7 Å². The summed E-state index contributed by atoms with van der Waals surface area (Å²) in [6, 6.07) is 6.91. The molecule has 0 heterocycles. The fraction of sp³-hybridized carbons (Fsp3) is 0.375. The lowest BCUT2D eigenvalue weighted by Gasteiger charge is -2.16.